The van der Waals surface area contributed by atoms with Crippen molar-refractivity contribution in [1.29, 1.82) is 0 Å². The molecule has 0 fully saturated rings. The first-order chi connectivity index (χ1) is 10.9. The van der Waals surface area contributed by atoms with Gasteiger partial charge in [0.05, 0.1) is 7.11 Å². The van der Waals surface area contributed by atoms with Gasteiger partial charge >= 0.3 is 5.97 Å². The van der Waals surface area contributed by atoms with E-state index in [9.17, 15) is 14.7 Å². The van der Waals surface area contributed by atoms with Crippen LogP contribution in [0.25, 0.3) is 10.9 Å². The summed E-state index contributed by atoms with van der Waals surface area (Å²) in [7, 11) is 1.56. The molecule has 1 aromatic carbocycles. The Morgan fingerprint density at radius 1 is 1.30 bits per heavy atom. The predicted octanol–water partition coefficient (Wildman–Crippen LogP) is 2.80. The SMILES string of the molecule is COc1cccc2[nH]c(C(=O)N[C@@H](CCC(C)C)C(=O)O)cc12. The number of hydrogen-bond acceptors (Lipinski definition) is 3. The standard InChI is InChI=1S/C17H22N2O4/c1-10(2)7-8-13(17(21)22)19-16(20)14-9-11-12(18-14)5-4-6-15(11)23-3/h4-6,9-10,13,18H,7-8H2,1-3H3,(H,19,20)(H,21,22)/t13-/m0/s1. The number of hydrogen-bond donors (Lipinski definition) is 3. The smallest absolute Gasteiger partial charge is 0.326 e. The normalized spacial score (nSPS) is 12.3. The van der Waals surface area contributed by atoms with Crippen molar-refractivity contribution in [2.45, 2.75) is 32.7 Å². The van der Waals surface area contributed by atoms with E-state index in [1.165, 1.54) is 0 Å². The number of aromatic nitrogens is 1. The molecule has 2 rings (SSSR count). The Morgan fingerprint density at radius 2 is 2.04 bits per heavy atom. The number of amides is 1. The maximum absolute atomic E-state index is 12.3. The molecule has 1 atom stereocenters. The van der Waals surface area contributed by atoms with Crippen LogP contribution in [0.5, 0.6) is 5.75 Å². The number of carbonyl (C=O) groups excluding carboxylic acids is 1. The van der Waals surface area contributed by atoms with Crippen molar-refractivity contribution in [3.8, 4) is 5.75 Å². The van der Waals surface area contributed by atoms with Crippen LogP contribution in [0.4, 0.5) is 0 Å². The topological polar surface area (TPSA) is 91.4 Å². The fourth-order valence-electron chi connectivity index (χ4n) is 2.42. The second kappa shape index (κ2) is 7.17. The molecular formula is C17H22N2O4. The third-order valence-electron chi connectivity index (χ3n) is 3.72. The zero-order valence-electron chi connectivity index (χ0n) is 13.6. The van der Waals surface area contributed by atoms with Crippen LogP contribution in [0, 0.1) is 5.92 Å². The second-order valence-corrected chi connectivity index (χ2v) is 5.94. The van der Waals surface area contributed by atoms with Crippen molar-refractivity contribution in [2.24, 2.45) is 5.92 Å². The molecule has 0 saturated heterocycles. The molecule has 6 heteroatoms. The van der Waals surface area contributed by atoms with Gasteiger partial charge in [-0.3, -0.25) is 4.79 Å². The Morgan fingerprint density at radius 3 is 2.65 bits per heavy atom. The molecule has 0 radical (unpaired) electrons. The van der Waals surface area contributed by atoms with Gasteiger partial charge in [-0.1, -0.05) is 19.9 Å². The summed E-state index contributed by atoms with van der Waals surface area (Å²) in [5.74, 6) is -0.411. The lowest BCUT2D eigenvalue weighted by Crippen LogP contribution is -2.41. The summed E-state index contributed by atoms with van der Waals surface area (Å²) in [6.45, 7) is 4.04. The van der Waals surface area contributed by atoms with E-state index in [-0.39, 0.29) is 0 Å². The molecule has 3 N–H and O–H groups in total. The Bertz CT molecular complexity index is 706. The van der Waals surface area contributed by atoms with E-state index < -0.39 is 17.9 Å². The molecule has 0 aliphatic rings. The van der Waals surface area contributed by atoms with Gasteiger partial charge in [0.2, 0.25) is 0 Å². The van der Waals surface area contributed by atoms with Gasteiger partial charge in [-0.15, -0.1) is 0 Å². The fourth-order valence-corrected chi connectivity index (χ4v) is 2.42. The van der Waals surface area contributed by atoms with E-state index in [0.717, 1.165) is 17.3 Å². The minimum absolute atomic E-state index is 0.320. The number of aromatic amines is 1. The maximum Gasteiger partial charge on any atom is 0.326 e. The Kier molecular flexibility index (Phi) is 5.26. The van der Waals surface area contributed by atoms with Gasteiger partial charge < -0.3 is 20.1 Å². The molecule has 1 amide bonds. The number of methoxy groups -OCH3 is 1. The van der Waals surface area contributed by atoms with Gasteiger partial charge in [0.1, 0.15) is 17.5 Å². The van der Waals surface area contributed by atoms with Crippen LogP contribution in [0.3, 0.4) is 0 Å². The number of fused-ring (bicyclic) bond motifs is 1. The van der Waals surface area contributed by atoms with Crippen LogP contribution in [-0.4, -0.2) is 35.1 Å². The first-order valence-corrected chi connectivity index (χ1v) is 7.61. The number of carboxylic acids is 1. The van der Waals surface area contributed by atoms with Crippen molar-refractivity contribution in [1.82, 2.24) is 10.3 Å². The lowest BCUT2D eigenvalue weighted by Gasteiger charge is -2.15. The molecule has 0 aliphatic heterocycles. The van der Waals surface area contributed by atoms with Crippen molar-refractivity contribution < 1.29 is 19.4 Å². The quantitative estimate of drug-likeness (QED) is 0.732. The average Bonchev–Trinajstić information content (AvgIpc) is 2.94. The Balaban J connectivity index is 2.17. The largest absolute Gasteiger partial charge is 0.496 e. The van der Waals surface area contributed by atoms with E-state index in [0.29, 0.717) is 23.8 Å². The van der Waals surface area contributed by atoms with Crippen LogP contribution in [0.2, 0.25) is 0 Å². The summed E-state index contributed by atoms with van der Waals surface area (Å²) in [6, 6.07) is 6.24. The third kappa shape index (κ3) is 4.03. The average molecular weight is 318 g/mol. The molecule has 2 aromatic rings. The van der Waals surface area contributed by atoms with E-state index in [2.05, 4.69) is 10.3 Å². The molecule has 0 unspecified atom stereocenters. The minimum Gasteiger partial charge on any atom is -0.496 e. The summed E-state index contributed by atoms with van der Waals surface area (Å²) < 4.78 is 5.26. The summed E-state index contributed by atoms with van der Waals surface area (Å²) in [6.07, 6.45) is 1.14. The highest BCUT2D eigenvalue weighted by Gasteiger charge is 2.22. The number of benzene rings is 1. The van der Waals surface area contributed by atoms with E-state index in [1.54, 1.807) is 19.2 Å². The number of rotatable bonds is 7. The number of nitrogens with one attached hydrogen (secondary N) is 2. The molecule has 1 aromatic heterocycles. The van der Waals surface area contributed by atoms with Gasteiger partial charge in [-0.05, 0) is 37.0 Å². The highest BCUT2D eigenvalue weighted by Crippen LogP contribution is 2.26. The van der Waals surface area contributed by atoms with E-state index in [1.807, 2.05) is 26.0 Å². The number of aliphatic carboxylic acids is 1. The summed E-state index contributed by atoms with van der Waals surface area (Å²) >= 11 is 0. The second-order valence-electron chi connectivity index (χ2n) is 5.94. The minimum atomic E-state index is -1.02. The van der Waals surface area contributed by atoms with E-state index in [4.69, 9.17) is 4.74 Å². The number of H-pyrrole nitrogens is 1. The first-order valence-electron chi connectivity index (χ1n) is 7.61. The van der Waals surface area contributed by atoms with Crippen LogP contribution in [0.15, 0.2) is 24.3 Å². The lowest BCUT2D eigenvalue weighted by atomic mass is 10.0. The number of carbonyl (C=O) groups is 2. The molecule has 0 bridgehead atoms. The van der Waals surface area contributed by atoms with Gasteiger partial charge in [0.15, 0.2) is 0 Å². The summed E-state index contributed by atoms with van der Waals surface area (Å²) in [5.41, 5.74) is 1.09. The van der Waals surface area contributed by atoms with Crippen LogP contribution in [-0.2, 0) is 4.79 Å². The van der Waals surface area contributed by atoms with E-state index >= 15 is 0 Å². The third-order valence-corrected chi connectivity index (χ3v) is 3.72. The van der Waals surface area contributed by atoms with Crippen molar-refractivity contribution in [2.75, 3.05) is 7.11 Å². The van der Waals surface area contributed by atoms with Crippen molar-refractivity contribution in [3.63, 3.8) is 0 Å². The molecule has 0 aliphatic carbocycles. The lowest BCUT2D eigenvalue weighted by molar-refractivity contribution is -0.139. The highest BCUT2D eigenvalue weighted by atomic mass is 16.5. The van der Waals surface area contributed by atoms with Gasteiger partial charge in [0.25, 0.3) is 5.91 Å². The Labute approximate surface area is 134 Å². The monoisotopic (exact) mass is 318 g/mol. The predicted molar refractivity (Wildman–Crippen MR) is 87.8 cm³/mol. The van der Waals surface area contributed by atoms with Crippen LogP contribution in [0.1, 0.15) is 37.2 Å². The molecular weight excluding hydrogens is 296 g/mol. The van der Waals surface area contributed by atoms with Gasteiger partial charge in [0, 0.05) is 10.9 Å². The fraction of sp³-hybridized carbons (Fsp3) is 0.412. The molecule has 6 nitrogen and oxygen atoms in total. The first kappa shape index (κ1) is 16.9. The maximum atomic E-state index is 12.3. The zero-order chi connectivity index (χ0) is 17.0. The van der Waals surface area contributed by atoms with Crippen molar-refractivity contribution >= 4 is 22.8 Å². The molecule has 23 heavy (non-hydrogen) atoms. The van der Waals surface area contributed by atoms with Crippen LogP contribution < -0.4 is 10.1 Å². The van der Waals surface area contributed by atoms with Crippen LogP contribution >= 0.6 is 0 Å². The zero-order valence-corrected chi connectivity index (χ0v) is 13.6. The molecule has 1 heterocycles. The highest BCUT2D eigenvalue weighted by molar-refractivity contribution is 6.00. The number of carboxylic acid groups (broad SMARTS) is 1. The summed E-state index contributed by atoms with van der Waals surface area (Å²) in [5, 5.41) is 12.6. The Hall–Kier alpha value is -2.50. The molecule has 0 spiro atoms. The molecule has 124 valence electrons. The van der Waals surface area contributed by atoms with Crippen molar-refractivity contribution in [3.05, 3.63) is 30.0 Å². The van der Waals surface area contributed by atoms with Gasteiger partial charge in [-0.2, -0.15) is 0 Å². The summed E-state index contributed by atoms with van der Waals surface area (Å²) in [4.78, 5) is 26.6. The number of ether oxygens (including phenoxy) is 1. The van der Waals surface area contributed by atoms with Gasteiger partial charge in [-0.25, -0.2) is 4.79 Å². The molecule has 0 saturated carbocycles.